The number of carbonyl (C=O) groups is 1. The Balaban J connectivity index is 2.97. The van der Waals surface area contributed by atoms with E-state index in [1.165, 1.54) is 26.7 Å². The summed E-state index contributed by atoms with van der Waals surface area (Å²) in [7, 11) is -3.44. The fraction of sp³-hybridized carbons (Fsp3) is 0.933. The summed E-state index contributed by atoms with van der Waals surface area (Å²) in [6, 6.07) is 0.160. The molecule has 2 N–H and O–H groups in total. The Hall–Kier alpha value is -0.620. The highest BCUT2D eigenvalue weighted by Crippen LogP contribution is 2.26. The highest BCUT2D eigenvalue weighted by atomic mass is 32.2. The molecule has 1 rings (SSSR count). The number of nitrogens with zero attached hydrogens (tertiary/aromatic N) is 1. The van der Waals surface area contributed by atoms with Crippen LogP contribution in [-0.4, -0.2) is 49.4 Å². The van der Waals surface area contributed by atoms with Gasteiger partial charge in [0.1, 0.15) is 4.75 Å². The summed E-state index contributed by atoms with van der Waals surface area (Å²) in [5, 5.41) is 0. The Morgan fingerprint density at radius 3 is 2.14 bits per heavy atom. The lowest BCUT2D eigenvalue weighted by Gasteiger charge is -2.36. The molecule has 0 aromatic heterocycles. The summed E-state index contributed by atoms with van der Waals surface area (Å²) in [6.45, 7) is 4.09. The molecule has 5 nitrogen and oxygen atoms in total. The van der Waals surface area contributed by atoms with Crippen LogP contribution in [0.25, 0.3) is 0 Å². The van der Waals surface area contributed by atoms with Gasteiger partial charge >= 0.3 is 0 Å². The predicted molar refractivity (Wildman–Crippen MR) is 85.8 cm³/mol. The first-order chi connectivity index (χ1) is 9.71. The highest BCUT2D eigenvalue weighted by Gasteiger charge is 2.42. The zero-order valence-electron chi connectivity index (χ0n) is 13.6. The molecule has 0 aromatic carbocycles. The maximum Gasteiger partial charge on any atom is 0.243 e. The van der Waals surface area contributed by atoms with Gasteiger partial charge in [0.05, 0.1) is 0 Å². The summed E-state index contributed by atoms with van der Waals surface area (Å²) in [5.74, 6) is -0.273. The van der Waals surface area contributed by atoms with Crippen LogP contribution in [0.3, 0.4) is 0 Å². The number of carbonyl (C=O) groups excluding carboxylic acids is 1. The van der Waals surface area contributed by atoms with Gasteiger partial charge in [0.15, 0.2) is 9.84 Å². The molecule has 1 aliphatic rings. The largest absolute Gasteiger partial charge is 0.338 e. The van der Waals surface area contributed by atoms with Crippen molar-refractivity contribution in [3.63, 3.8) is 0 Å². The SMILES string of the molecule is CC(C)(C(=O)N(CCCN)C1CCCCCC1)S(C)(=O)=O. The van der Waals surface area contributed by atoms with E-state index in [0.717, 1.165) is 31.9 Å². The molecule has 0 bridgehead atoms. The predicted octanol–water partition coefficient (Wildman–Crippen LogP) is 1.71. The van der Waals surface area contributed by atoms with Crippen LogP contribution in [0.15, 0.2) is 0 Å². The molecule has 124 valence electrons. The lowest BCUT2D eigenvalue weighted by Crippen LogP contribution is -2.53. The molecule has 0 aliphatic heterocycles. The van der Waals surface area contributed by atoms with Crippen molar-refractivity contribution in [2.45, 2.75) is 69.6 Å². The van der Waals surface area contributed by atoms with Gasteiger partial charge in [0, 0.05) is 18.8 Å². The first-order valence-electron chi connectivity index (χ1n) is 7.92. The molecule has 6 heteroatoms. The van der Waals surface area contributed by atoms with Gasteiger partial charge in [-0.05, 0) is 39.7 Å². The fourth-order valence-electron chi connectivity index (χ4n) is 2.79. The molecule has 21 heavy (non-hydrogen) atoms. The minimum absolute atomic E-state index is 0.160. The van der Waals surface area contributed by atoms with E-state index >= 15 is 0 Å². The summed E-state index contributed by atoms with van der Waals surface area (Å²) < 4.78 is 22.5. The molecular formula is C15H30N2O3S. The average Bonchev–Trinajstić information content (AvgIpc) is 2.66. The number of sulfone groups is 1. The summed E-state index contributed by atoms with van der Waals surface area (Å²) in [5.41, 5.74) is 5.58. The number of hydrogen-bond donors (Lipinski definition) is 1. The van der Waals surface area contributed by atoms with Crippen LogP contribution in [0.1, 0.15) is 58.8 Å². The number of nitrogens with two attached hydrogens (primary N) is 1. The van der Waals surface area contributed by atoms with Gasteiger partial charge in [-0.3, -0.25) is 4.79 Å². The Labute approximate surface area is 129 Å². The van der Waals surface area contributed by atoms with E-state index in [9.17, 15) is 13.2 Å². The van der Waals surface area contributed by atoms with E-state index in [4.69, 9.17) is 5.73 Å². The van der Waals surface area contributed by atoms with Crippen LogP contribution in [0, 0.1) is 0 Å². The number of amides is 1. The fourth-order valence-corrected chi connectivity index (χ4v) is 3.22. The van der Waals surface area contributed by atoms with Crippen LogP contribution in [0.4, 0.5) is 0 Å². The minimum Gasteiger partial charge on any atom is -0.338 e. The van der Waals surface area contributed by atoms with Gasteiger partial charge in [-0.1, -0.05) is 25.7 Å². The van der Waals surface area contributed by atoms with E-state index in [1.807, 2.05) is 0 Å². The summed E-state index contributed by atoms with van der Waals surface area (Å²) in [4.78, 5) is 14.6. The van der Waals surface area contributed by atoms with Crippen LogP contribution < -0.4 is 5.73 Å². The lowest BCUT2D eigenvalue weighted by molar-refractivity contribution is -0.135. The van der Waals surface area contributed by atoms with Crippen molar-refractivity contribution in [1.82, 2.24) is 4.90 Å². The van der Waals surface area contributed by atoms with Crippen LogP contribution in [0.5, 0.6) is 0 Å². The zero-order chi connectivity index (χ0) is 16.1. The first kappa shape index (κ1) is 18.4. The molecule has 1 fully saturated rings. The second-order valence-corrected chi connectivity index (χ2v) is 9.13. The average molecular weight is 318 g/mol. The third kappa shape index (κ3) is 4.68. The minimum atomic E-state index is -3.44. The second-order valence-electron chi connectivity index (χ2n) is 6.57. The molecule has 0 atom stereocenters. The summed E-state index contributed by atoms with van der Waals surface area (Å²) >= 11 is 0. The summed E-state index contributed by atoms with van der Waals surface area (Å²) in [6.07, 6.45) is 8.40. The van der Waals surface area contributed by atoms with E-state index in [1.54, 1.807) is 4.90 Å². The third-order valence-corrected chi connectivity index (χ3v) is 6.60. The van der Waals surface area contributed by atoms with Crippen LogP contribution in [0.2, 0.25) is 0 Å². The van der Waals surface area contributed by atoms with Crippen molar-refractivity contribution in [2.24, 2.45) is 5.73 Å². The van der Waals surface area contributed by atoms with Crippen molar-refractivity contribution >= 4 is 15.7 Å². The second kappa shape index (κ2) is 7.58. The Morgan fingerprint density at radius 1 is 1.19 bits per heavy atom. The first-order valence-corrected chi connectivity index (χ1v) is 9.81. The monoisotopic (exact) mass is 318 g/mol. The van der Waals surface area contributed by atoms with Crippen molar-refractivity contribution in [1.29, 1.82) is 0 Å². The van der Waals surface area contributed by atoms with Crippen LogP contribution in [-0.2, 0) is 14.6 Å². The molecular weight excluding hydrogens is 288 g/mol. The van der Waals surface area contributed by atoms with Gasteiger partial charge in [-0.25, -0.2) is 8.42 Å². The topological polar surface area (TPSA) is 80.5 Å². The number of hydrogen-bond acceptors (Lipinski definition) is 4. The number of rotatable bonds is 6. The van der Waals surface area contributed by atoms with Crippen molar-refractivity contribution in [2.75, 3.05) is 19.3 Å². The zero-order valence-corrected chi connectivity index (χ0v) is 14.4. The molecule has 1 amide bonds. The normalized spacial score (nSPS) is 18.3. The Bertz CT molecular complexity index is 438. The van der Waals surface area contributed by atoms with Gasteiger partial charge in [-0.15, -0.1) is 0 Å². The van der Waals surface area contributed by atoms with E-state index in [2.05, 4.69) is 0 Å². The van der Waals surface area contributed by atoms with Crippen molar-refractivity contribution in [3.8, 4) is 0 Å². The lowest BCUT2D eigenvalue weighted by atomic mass is 10.0. The highest BCUT2D eigenvalue weighted by molar-refractivity contribution is 7.92. The molecule has 1 aliphatic carbocycles. The Morgan fingerprint density at radius 2 is 1.71 bits per heavy atom. The maximum absolute atomic E-state index is 12.8. The molecule has 0 aromatic rings. The molecule has 0 saturated heterocycles. The molecule has 0 spiro atoms. The smallest absolute Gasteiger partial charge is 0.243 e. The molecule has 1 saturated carbocycles. The molecule has 0 radical (unpaired) electrons. The quantitative estimate of drug-likeness (QED) is 0.756. The molecule has 0 heterocycles. The van der Waals surface area contributed by atoms with E-state index in [-0.39, 0.29) is 11.9 Å². The molecule has 0 unspecified atom stereocenters. The van der Waals surface area contributed by atoms with E-state index in [0.29, 0.717) is 19.5 Å². The third-order valence-electron chi connectivity index (χ3n) is 4.57. The van der Waals surface area contributed by atoms with Gasteiger partial charge in [0.25, 0.3) is 0 Å². The maximum atomic E-state index is 12.8. The van der Waals surface area contributed by atoms with Gasteiger partial charge < -0.3 is 10.6 Å². The Kier molecular flexibility index (Phi) is 6.66. The van der Waals surface area contributed by atoms with Crippen molar-refractivity contribution in [3.05, 3.63) is 0 Å². The standard InChI is InChI=1S/C15H30N2O3S/c1-15(2,21(3,19)20)14(18)17(12-8-11-16)13-9-6-4-5-7-10-13/h13H,4-12,16H2,1-3H3. The van der Waals surface area contributed by atoms with E-state index < -0.39 is 14.6 Å². The van der Waals surface area contributed by atoms with Gasteiger partial charge in [-0.2, -0.15) is 0 Å². The van der Waals surface area contributed by atoms with Gasteiger partial charge in [0.2, 0.25) is 5.91 Å². The van der Waals surface area contributed by atoms with Crippen molar-refractivity contribution < 1.29 is 13.2 Å². The van der Waals surface area contributed by atoms with Crippen LogP contribution >= 0.6 is 0 Å².